The number of hydrogen-bond acceptors (Lipinski definition) is 0. The van der Waals surface area contributed by atoms with Gasteiger partial charge in [0, 0.05) is 5.54 Å². The van der Waals surface area contributed by atoms with Crippen molar-refractivity contribution >= 4 is 23.2 Å². The molecule has 0 heterocycles. The second kappa shape index (κ2) is 4.48. The third-order valence-corrected chi connectivity index (χ3v) is 1.27. The van der Waals surface area contributed by atoms with Gasteiger partial charge in [-0.25, -0.2) is 0 Å². The molecule has 0 fully saturated rings. The number of halogens is 2. The molecule has 0 spiro atoms. The summed E-state index contributed by atoms with van der Waals surface area (Å²) in [6, 6.07) is 0. The zero-order valence-corrected chi connectivity index (χ0v) is 5.71. The number of hydrogen-bond donors (Lipinski definition) is 0. The van der Waals surface area contributed by atoms with E-state index < -0.39 is 0 Å². The molecular weight excluding hydrogens is 131 g/mol. The molecule has 7 heavy (non-hydrogen) atoms. The van der Waals surface area contributed by atoms with E-state index in [-0.39, 0.29) is 5.38 Å². The van der Waals surface area contributed by atoms with Crippen LogP contribution in [-0.4, -0.2) is 5.38 Å². The van der Waals surface area contributed by atoms with Crippen molar-refractivity contribution in [2.75, 3.05) is 0 Å². The number of allylic oxidation sites excluding steroid dienone is 1. The normalized spacial score (nSPS) is 15.3. The molecular formula is C5H8Cl2. The molecule has 2 heteroatoms. The Kier molecular flexibility index (Phi) is 4.68. The predicted octanol–water partition coefficient (Wildman–Crippen LogP) is 2.76. The molecule has 0 radical (unpaired) electrons. The minimum atomic E-state index is 0.109. The molecule has 0 bridgehead atoms. The van der Waals surface area contributed by atoms with Crippen LogP contribution in [-0.2, 0) is 0 Å². The molecule has 42 valence electrons. The van der Waals surface area contributed by atoms with E-state index in [9.17, 15) is 0 Å². The molecule has 0 aliphatic rings. The van der Waals surface area contributed by atoms with Gasteiger partial charge in [0.1, 0.15) is 0 Å². The first-order valence-electron chi connectivity index (χ1n) is 2.22. The summed E-state index contributed by atoms with van der Waals surface area (Å²) >= 11 is 10.8. The van der Waals surface area contributed by atoms with Crippen molar-refractivity contribution in [1.82, 2.24) is 0 Å². The van der Waals surface area contributed by atoms with Crippen molar-refractivity contribution in [2.45, 2.75) is 18.7 Å². The molecule has 0 aliphatic heterocycles. The Balaban J connectivity index is 3.16. The first-order chi connectivity index (χ1) is 3.31. The average molecular weight is 139 g/mol. The van der Waals surface area contributed by atoms with Crippen LogP contribution < -0.4 is 0 Å². The Bertz CT molecular complexity index is 59.1. The van der Waals surface area contributed by atoms with Crippen LogP contribution in [0.25, 0.3) is 0 Å². The molecule has 0 aromatic carbocycles. The van der Waals surface area contributed by atoms with Crippen LogP contribution >= 0.6 is 23.2 Å². The SMILES string of the molecule is CC[C@@H](Cl)/C=C/Cl. The quantitative estimate of drug-likeness (QED) is 0.516. The van der Waals surface area contributed by atoms with Gasteiger partial charge in [0.15, 0.2) is 0 Å². The van der Waals surface area contributed by atoms with Crippen molar-refractivity contribution in [1.29, 1.82) is 0 Å². The van der Waals surface area contributed by atoms with E-state index in [0.29, 0.717) is 0 Å². The molecule has 0 N–H and O–H groups in total. The van der Waals surface area contributed by atoms with Gasteiger partial charge in [-0.2, -0.15) is 0 Å². The van der Waals surface area contributed by atoms with Gasteiger partial charge in [0.25, 0.3) is 0 Å². The summed E-state index contributed by atoms with van der Waals surface area (Å²) < 4.78 is 0. The summed E-state index contributed by atoms with van der Waals surface area (Å²) in [5.41, 5.74) is 1.45. The van der Waals surface area contributed by atoms with Crippen molar-refractivity contribution in [3.05, 3.63) is 11.6 Å². The van der Waals surface area contributed by atoms with Crippen LogP contribution in [0, 0.1) is 0 Å². The fraction of sp³-hybridized carbons (Fsp3) is 0.600. The van der Waals surface area contributed by atoms with Gasteiger partial charge < -0.3 is 0 Å². The second-order valence-corrected chi connectivity index (χ2v) is 2.06. The maximum Gasteiger partial charge on any atom is 0.0524 e. The van der Waals surface area contributed by atoms with Crippen molar-refractivity contribution < 1.29 is 0 Å². The van der Waals surface area contributed by atoms with E-state index in [4.69, 9.17) is 23.2 Å². The molecule has 0 saturated carbocycles. The lowest BCUT2D eigenvalue weighted by molar-refractivity contribution is 0.968. The third-order valence-electron chi connectivity index (χ3n) is 0.672. The maximum absolute atomic E-state index is 5.59. The smallest absolute Gasteiger partial charge is 0.0524 e. The fourth-order valence-electron chi connectivity index (χ4n) is 0.215. The summed E-state index contributed by atoms with van der Waals surface area (Å²) in [7, 11) is 0. The molecule has 0 unspecified atom stereocenters. The third kappa shape index (κ3) is 4.17. The van der Waals surface area contributed by atoms with Crippen molar-refractivity contribution in [3.63, 3.8) is 0 Å². The molecule has 0 nitrogen and oxygen atoms in total. The van der Waals surface area contributed by atoms with Crippen LogP contribution in [0.4, 0.5) is 0 Å². The molecule has 0 rings (SSSR count). The van der Waals surface area contributed by atoms with E-state index in [0.717, 1.165) is 6.42 Å². The second-order valence-electron chi connectivity index (χ2n) is 1.24. The number of rotatable bonds is 2. The highest BCUT2D eigenvalue weighted by Gasteiger charge is 1.89. The van der Waals surface area contributed by atoms with Gasteiger partial charge in [-0.05, 0) is 6.42 Å². The van der Waals surface area contributed by atoms with Gasteiger partial charge >= 0.3 is 0 Å². The Morgan fingerprint density at radius 2 is 2.29 bits per heavy atom. The first kappa shape index (κ1) is 7.32. The Labute approximate surface area is 54.1 Å². The Hall–Kier alpha value is 0.320. The monoisotopic (exact) mass is 138 g/mol. The highest BCUT2D eigenvalue weighted by molar-refractivity contribution is 6.27. The Morgan fingerprint density at radius 1 is 1.71 bits per heavy atom. The van der Waals surface area contributed by atoms with Crippen LogP contribution in [0.5, 0.6) is 0 Å². The van der Waals surface area contributed by atoms with Crippen LogP contribution in [0.2, 0.25) is 0 Å². The van der Waals surface area contributed by atoms with Crippen LogP contribution in [0.1, 0.15) is 13.3 Å². The largest absolute Gasteiger partial charge is 0.118 e. The van der Waals surface area contributed by atoms with E-state index in [1.54, 1.807) is 6.08 Å². The summed E-state index contributed by atoms with van der Waals surface area (Å²) in [6.07, 6.45) is 2.69. The summed E-state index contributed by atoms with van der Waals surface area (Å²) in [5.74, 6) is 0. The zero-order valence-electron chi connectivity index (χ0n) is 4.20. The van der Waals surface area contributed by atoms with Crippen molar-refractivity contribution in [2.24, 2.45) is 0 Å². The zero-order chi connectivity index (χ0) is 5.70. The van der Waals surface area contributed by atoms with Crippen LogP contribution in [0.3, 0.4) is 0 Å². The van der Waals surface area contributed by atoms with Crippen LogP contribution in [0.15, 0.2) is 11.6 Å². The van der Waals surface area contributed by atoms with E-state index in [1.807, 2.05) is 6.92 Å². The van der Waals surface area contributed by atoms with Gasteiger partial charge in [0.05, 0.1) is 5.38 Å². The highest BCUT2D eigenvalue weighted by Crippen LogP contribution is 2.02. The maximum atomic E-state index is 5.59. The van der Waals surface area contributed by atoms with Gasteiger partial charge in [0.2, 0.25) is 0 Å². The fourth-order valence-corrected chi connectivity index (χ4v) is 0.538. The average Bonchev–Trinajstić information content (AvgIpc) is 1.68. The molecule has 0 aliphatic carbocycles. The Morgan fingerprint density at radius 3 is 2.43 bits per heavy atom. The lowest BCUT2D eigenvalue weighted by Gasteiger charge is -1.92. The summed E-state index contributed by atoms with van der Waals surface area (Å²) in [5, 5.41) is 0.109. The minimum absolute atomic E-state index is 0.109. The highest BCUT2D eigenvalue weighted by atomic mass is 35.5. The van der Waals surface area contributed by atoms with Gasteiger partial charge in [-0.15, -0.1) is 11.6 Å². The lowest BCUT2D eigenvalue weighted by atomic mass is 10.3. The van der Waals surface area contributed by atoms with Gasteiger partial charge in [-0.1, -0.05) is 24.6 Å². The van der Waals surface area contributed by atoms with E-state index in [1.165, 1.54) is 5.54 Å². The predicted molar refractivity (Wildman–Crippen MR) is 34.9 cm³/mol. The first-order valence-corrected chi connectivity index (χ1v) is 3.09. The molecule has 0 aromatic rings. The van der Waals surface area contributed by atoms with E-state index in [2.05, 4.69) is 0 Å². The number of alkyl halides is 1. The topological polar surface area (TPSA) is 0 Å². The summed E-state index contributed by atoms with van der Waals surface area (Å²) in [6.45, 7) is 2.01. The molecule has 1 atom stereocenters. The lowest BCUT2D eigenvalue weighted by Crippen LogP contribution is -1.85. The van der Waals surface area contributed by atoms with E-state index >= 15 is 0 Å². The summed E-state index contributed by atoms with van der Waals surface area (Å²) in [4.78, 5) is 0. The van der Waals surface area contributed by atoms with Gasteiger partial charge in [-0.3, -0.25) is 0 Å². The van der Waals surface area contributed by atoms with Crippen molar-refractivity contribution in [3.8, 4) is 0 Å². The minimum Gasteiger partial charge on any atom is -0.118 e. The molecule has 0 amide bonds. The molecule has 0 aromatic heterocycles. The standard InChI is InChI=1S/C5H8Cl2/c1-2-5(7)3-4-6/h3-5H,2H2,1H3/b4-3+/t5-/m1/s1. The molecule has 0 saturated heterocycles.